The summed E-state index contributed by atoms with van der Waals surface area (Å²) in [6, 6.07) is 5.25. The van der Waals surface area contributed by atoms with Gasteiger partial charge in [-0.25, -0.2) is 4.79 Å². The number of fused-ring (bicyclic) bond motifs is 1. The molecule has 2 amide bonds. The van der Waals surface area contributed by atoms with Crippen molar-refractivity contribution in [3.8, 4) is 0 Å². The normalized spacial score (nSPS) is 21.6. The third-order valence-corrected chi connectivity index (χ3v) is 7.36. The summed E-state index contributed by atoms with van der Waals surface area (Å²) in [6.07, 6.45) is 2.96. The number of amides is 2. The van der Waals surface area contributed by atoms with Gasteiger partial charge < -0.3 is 19.7 Å². The van der Waals surface area contributed by atoms with Gasteiger partial charge in [-0.2, -0.15) is 4.98 Å². The minimum Gasteiger partial charge on any atom is -0.368 e. The van der Waals surface area contributed by atoms with Crippen LogP contribution in [0.3, 0.4) is 0 Å². The molecule has 0 spiro atoms. The number of carbonyl (C=O) groups excluding carboxylic acids is 1. The maximum atomic E-state index is 13.2. The Bertz CT molecular complexity index is 1090. The van der Waals surface area contributed by atoms with Crippen molar-refractivity contribution < 1.29 is 14.6 Å². The number of rotatable bonds is 7. The van der Waals surface area contributed by atoms with Gasteiger partial charge in [-0.05, 0) is 43.9 Å². The highest BCUT2D eigenvalue weighted by Crippen LogP contribution is 2.38. The van der Waals surface area contributed by atoms with E-state index in [0.29, 0.717) is 40.7 Å². The van der Waals surface area contributed by atoms with Crippen molar-refractivity contribution in [2.45, 2.75) is 51.5 Å². The number of aliphatic hydroxyl groups is 1. The van der Waals surface area contributed by atoms with E-state index in [1.54, 1.807) is 24.1 Å². The molecule has 1 saturated carbocycles. The second-order valence-electron chi connectivity index (χ2n) is 8.90. The SMILES string of the molecule is C=C1c2c(nc(NC3CCCC(C(O)OCC)C3)n2C)N(C)C(=O)N1Cc1ccc(Cl)c(Cl)c1. The first-order valence-electron chi connectivity index (χ1n) is 11.5. The van der Waals surface area contributed by atoms with Crippen molar-refractivity contribution in [2.75, 3.05) is 23.9 Å². The van der Waals surface area contributed by atoms with E-state index in [-0.39, 0.29) is 18.0 Å². The number of anilines is 2. The molecular formula is C24H31Cl2N5O3. The lowest BCUT2D eigenvalue weighted by atomic mass is 9.85. The Kier molecular flexibility index (Phi) is 7.42. The fourth-order valence-electron chi connectivity index (χ4n) is 4.78. The van der Waals surface area contributed by atoms with Crippen LogP contribution in [0.15, 0.2) is 24.8 Å². The van der Waals surface area contributed by atoms with E-state index in [4.69, 9.17) is 32.9 Å². The number of hydrogen-bond donors (Lipinski definition) is 2. The van der Waals surface area contributed by atoms with Gasteiger partial charge in [-0.15, -0.1) is 0 Å². The van der Waals surface area contributed by atoms with Gasteiger partial charge in [0.25, 0.3) is 0 Å². The minimum atomic E-state index is -0.748. The second-order valence-corrected chi connectivity index (χ2v) is 9.72. The third-order valence-electron chi connectivity index (χ3n) is 6.62. The predicted octanol–water partition coefficient (Wildman–Crippen LogP) is 5.10. The van der Waals surface area contributed by atoms with Crippen LogP contribution in [0.5, 0.6) is 0 Å². The molecule has 0 radical (unpaired) electrons. The molecule has 2 aliphatic rings. The van der Waals surface area contributed by atoms with Crippen LogP contribution in [0, 0.1) is 5.92 Å². The Labute approximate surface area is 210 Å². The van der Waals surface area contributed by atoms with Gasteiger partial charge >= 0.3 is 6.03 Å². The molecule has 34 heavy (non-hydrogen) atoms. The van der Waals surface area contributed by atoms with E-state index >= 15 is 0 Å². The van der Waals surface area contributed by atoms with Gasteiger partial charge in [0.05, 0.1) is 22.3 Å². The monoisotopic (exact) mass is 507 g/mol. The van der Waals surface area contributed by atoms with E-state index in [1.165, 1.54) is 4.90 Å². The second kappa shape index (κ2) is 10.2. The van der Waals surface area contributed by atoms with Crippen molar-refractivity contribution >= 4 is 46.7 Å². The van der Waals surface area contributed by atoms with E-state index in [9.17, 15) is 9.90 Å². The first-order valence-corrected chi connectivity index (χ1v) is 12.3. The molecule has 2 heterocycles. The highest BCUT2D eigenvalue weighted by atomic mass is 35.5. The summed E-state index contributed by atoms with van der Waals surface area (Å²) < 4.78 is 7.35. The summed E-state index contributed by atoms with van der Waals surface area (Å²) in [7, 11) is 3.62. The van der Waals surface area contributed by atoms with Crippen molar-refractivity contribution in [1.82, 2.24) is 14.5 Å². The number of halogens is 2. The number of nitrogens with one attached hydrogen (secondary N) is 1. The fourth-order valence-corrected chi connectivity index (χ4v) is 5.10. The van der Waals surface area contributed by atoms with E-state index < -0.39 is 6.29 Å². The van der Waals surface area contributed by atoms with Crippen LogP contribution in [0.4, 0.5) is 16.6 Å². The number of carbonyl (C=O) groups is 1. The molecule has 10 heteroatoms. The van der Waals surface area contributed by atoms with Crippen molar-refractivity contribution in [1.29, 1.82) is 0 Å². The number of aliphatic hydroxyl groups excluding tert-OH is 1. The molecule has 1 aliphatic heterocycles. The molecule has 3 unspecified atom stereocenters. The zero-order valence-corrected chi connectivity index (χ0v) is 21.2. The molecule has 0 saturated heterocycles. The molecule has 0 bridgehead atoms. The van der Waals surface area contributed by atoms with Crippen LogP contribution in [-0.2, 0) is 18.3 Å². The van der Waals surface area contributed by atoms with Crippen LogP contribution in [0.1, 0.15) is 43.9 Å². The maximum absolute atomic E-state index is 13.2. The molecule has 8 nitrogen and oxygen atoms in total. The quantitative estimate of drug-likeness (QED) is 0.509. The van der Waals surface area contributed by atoms with Crippen LogP contribution in [0.25, 0.3) is 5.70 Å². The first-order chi connectivity index (χ1) is 16.2. The van der Waals surface area contributed by atoms with Gasteiger partial charge in [0, 0.05) is 32.7 Å². The summed E-state index contributed by atoms with van der Waals surface area (Å²) in [4.78, 5) is 21.1. The molecule has 2 N–H and O–H groups in total. The smallest absolute Gasteiger partial charge is 0.330 e. The van der Waals surface area contributed by atoms with Crippen LogP contribution in [0.2, 0.25) is 10.0 Å². The lowest BCUT2D eigenvalue weighted by Gasteiger charge is -2.34. The first kappa shape index (κ1) is 24.9. The number of aromatic nitrogens is 2. The largest absolute Gasteiger partial charge is 0.368 e. The van der Waals surface area contributed by atoms with Crippen LogP contribution < -0.4 is 10.2 Å². The van der Waals surface area contributed by atoms with Gasteiger partial charge in [-0.1, -0.05) is 42.3 Å². The number of benzene rings is 1. The minimum absolute atomic E-state index is 0.0852. The summed E-state index contributed by atoms with van der Waals surface area (Å²) >= 11 is 12.2. The Hall–Kier alpha value is -2.26. The lowest BCUT2D eigenvalue weighted by Crippen LogP contribution is -2.44. The number of ether oxygens (including phenoxy) is 1. The number of imidazole rings is 1. The average Bonchev–Trinajstić information content (AvgIpc) is 3.14. The van der Waals surface area contributed by atoms with Crippen molar-refractivity contribution in [2.24, 2.45) is 13.0 Å². The Balaban J connectivity index is 1.55. The van der Waals surface area contributed by atoms with Crippen LogP contribution >= 0.6 is 23.2 Å². The molecule has 1 aromatic carbocycles. The van der Waals surface area contributed by atoms with E-state index in [2.05, 4.69) is 11.9 Å². The molecule has 4 rings (SSSR count). The number of hydrogen-bond acceptors (Lipinski definition) is 5. The van der Waals surface area contributed by atoms with Crippen molar-refractivity contribution in [3.63, 3.8) is 0 Å². The predicted molar refractivity (Wildman–Crippen MR) is 135 cm³/mol. The summed E-state index contributed by atoms with van der Waals surface area (Å²) in [5, 5.41) is 14.7. The highest BCUT2D eigenvalue weighted by Gasteiger charge is 2.36. The highest BCUT2D eigenvalue weighted by molar-refractivity contribution is 6.42. The zero-order valence-electron chi connectivity index (χ0n) is 19.7. The summed E-state index contributed by atoms with van der Waals surface area (Å²) in [5.41, 5.74) is 2.19. The van der Waals surface area contributed by atoms with E-state index in [0.717, 1.165) is 36.9 Å². The zero-order chi connectivity index (χ0) is 24.6. The van der Waals surface area contributed by atoms with Crippen LogP contribution in [-0.4, -0.2) is 51.6 Å². The fraction of sp³-hybridized carbons (Fsp3) is 0.500. The molecule has 1 fully saturated rings. The van der Waals surface area contributed by atoms with Gasteiger partial charge in [0.1, 0.15) is 5.69 Å². The molecular weight excluding hydrogens is 477 g/mol. The number of urea groups is 1. The topological polar surface area (TPSA) is 82.9 Å². The Morgan fingerprint density at radius 2 is 2.06 bits per heavy atom. The van der Waals surface area contributed by atoms with Gasteiger partial charge in [0.15, 0.2) is 12.1 Å². The molecule has 2 aromatic rings. The van der Waals surface area contributed by atoms with Crippen molar-refractivity contribution in [3.05, 3.63) is 46.1 Å². The Morgan fingerprint density at radius 3 is 2.76 bits per heavy atom. The summed E-state index contributed by atoms with van der Waals surface area (Å²) in [5.74, 6) is 1.31. The molecule has 1 aromatic heterocycles. The van der Waals surface area contributed by atoms with Gasteiger partial charge in [-0.3, -0.25) is 9.80 Å². The lowest BCUT2D eigenvalue weighted by molar-refractivity contribution is -0.137. The van der Waals surface area contributed by atoms with E-state index in [1.807, 2.05) is 24.6 Å². The molecule has 3 atom stereocenters. The average molecular weight is 508 g/mol. The molecule has 184 valence electrons. The Morgan fingerprint density at radius 1 is 1.29 bits per heavy atom. The standard InChI is InChI=1S/C24H31Cl2N5O3/c1-5-34-22(32)16-7-6-8-17(12-16)27-23-28-21-20(29(23)3)14(2)31(24(33)30(21)4)13-15-9-10-18(25)19(26)11-15/h9-11,16-17,22,32H,2,5-8,12-13H2,1,3-4H3,(H,27,28). The number of nitrogens with zero attached hydrogens (tertiary/aromatic N) is 4. The maximum Gasteiger partial charge on any atom is 0.330 e. The van der Waals surface area contributed by atoms with Gasteiger partial charge in [0.2, 0.25) is 5.95 Å². The summed E-state index contributed by atoms with van der Waals surface area (Å²) in [6.45, 7) is 6.90. The third kappa shape index (κ3) is 4.77. The molecule has 1 aliphatic carbocycles.